The number of carbonyl (C=O) groups is 2. The minimum Gasteiger partial charge on any atom is -0.476 e. The Balaban J connectivity index is 0.000000162. The number of likely N-dealkylation sites (tertiary alicyclic amines) is 1. The number of hydrogen-bond donors (Lipinski definition) is 2. The number of rotatable bonds is 4. The highest BCUT2D eigenvalue weighted by Crippen LogP contribution is 2.14. The van der Waals surface area contributed by atoms with E-state index in [9.17, 15) is 9.59 Å². The molecule has 28 heavy (non-hydrogen) atoms. The quantitative estimate of drug-likeness (QED) is 0.665. The fourth-order valence-corrected chi connectivity index (χ4v) is 2.96. The maximum atomic E-state index is 11.7. The first kappa shape index (κ1) is 19.5. The second-order valence-corrected chi connectivity index (χ2v) is 6.48. The SMILES string of the molecule is Cn1c(CCN)nc2ccccc21.Cn1nnc(C(=O)N2CCC2)c1C(=O)O. The zero-order chi connectivity index (χ0) is 20.3. The van der Waals surface area contributed by atoms with Gasteiger partial charge in [-0.1, -0.05) is 17.3 Å². The van der Waals surface area contributed by atoms with Gasteiger partial charge >= 0.3 is 5.97 Å². The average Bonchev–Trinajstić information content (AvgIpc) is 3.16. The molecule has 0 aliphatic carbocycles. The molecule has 3 heterocycles. The number of carboxylic acid groups (broad SMARTS) is 1. The molecule has 3 N–H and O–H groups in total. The minimum absolute atomic E-state index is 0.0790. The van der Waals surface area contributed by atoms with Crippen molar-refractivity contribution in [1.29, 1.82) is 0 Å². The van der Waals surface area contributed by atoms with E-state index in [2.05, 4.69) is 25.9 Å². The van der Waals surface area contributed by atoms with Gasteiger partial charge in [0.05, 0.1) is 11.0 Å². The van der Waals surface area contributed by atoms with Crippen LogP contribution in [0.5, 0.6) is 0 Å². The van der Waals surface area contributed by atoms with E-state index in [4.69, 9.17) is 10.8 Å². The van der Waals surface area contributed by atoms with Gasteiger partial charge in [0.1, 0.15) is 5.82 Å². The van der Waals surface area contributed by atoms with E-state index in [1.807, 2.05) is 25.2 Å². The summed E-state index contributed by atoms with van der Waals surface area (Å²) in [5.74, 6) is -0.484. The first-order valence-electron chi connectivity index (χ1n) is 8.96. The smallest absolute Gasteiger partial charge is 0.356 e. The highest BCUT2D eigenvalue weighted by molar-refractivity contribution is 6.02. The Morgan fingerprint density at radius 1 is 1.21 bits per heavy atom. The highest BCUT2D eigenvalue weighted by Gasteiger charge is 2.30. The van der Waals surface area contributed by atoms with E-state index >= 15 is 0 Å². The number of aromatic nitrogens is 5. The van der Waals surface area contributed by atoms with E-state index in [-0.39, 0.29) is 17.3 Å². The fraction of sp³-hybridized carbons (Fsp3) is 0.389. The number of aryl methyl sites for hydroxylation is 2. The van der Waals surface area contributed by atoms with Gasteiger partial charge < -0.3 is 20.3 Å². The predicted molar refractivity (Wildman–Crippen MR) is 102 cm³/mol. The number of amides is 1. The lowest BCUT2D eigenvalue weighted by molar-refractivity contribution is 0.0617. The Kier molecular flexibility index (Phi) is 5.69. The van der Waals surface area contributed by atoms with Crippen molar-refractivity contribution in [3.05, 3.63) is 41.5 Å². The van der Waals surface area contributed by atoms with Crippen molar-refractivity contribution in [2.24, 2.45) is 19.8 Å². The second kappa shape index (κ2) is 8.17. The van der Waals surface area contributed by atoms with Gasteiger partial charge in [0.15, 0.2) is 11.4 Å². The van der Waals surface area contributed by atoms with Gasteiger partial charge in [-0.2, -0.15) is 0 Å². The van der Waals surface area contributed by atoms with Gasteiger partial charge in [-0.05, 0) is 25.1 Å². The third-order valence-corrected chi connectivity index (χ3v) is 4.62. The molecule has 10 heteroatoms. The molecule has 0 radical (unpaired) electrons. The first-order valence-corrected chi connectivity index (χ1v) is 8.96. The maximum absolute atomic E-state index is 11.7. The van der Waals surface area contributed by atoms with Crippen LogP contribution in [-0.4, -0.2) is 66.1 Å². The fourth-order valence-electron chi connectivity index (χ4n) is 2.96. The number of para-hydroxylation sites is 2. The van der Waals surface area contributed by atoms with Crippen LogP contribution in [0.2, 0.25) is 0 Å². The van der Waals surface area contributed by atoms with Crippen LogP contribution in [0.25, 0.3) is 11.0 Å². The van der Waals surface area contributed by atoms with Crippen LogP contribution in [0.3, 0.4) is 0 Å². The molecule has 1 aromatic carbocycles. The Hall–Kier alpha value is -3.27. The first-order chi connectivity index (χ1) is 13.4. The molecule has 1 aliphatic rings. The van der Waals surface area contributed by atoms with Crippen molar-refractivity contribution in [2.45, 2.75) is 12.8 Å². The molecule has 148 valence electrons. The summed E-state index contributed by atoms with van der Waals surface area (Å²) in [4.78, 5) is 28.6. The molecule has 0 unspecified atom stereocenters. The van der Waals surface area contributed by atoms with Gasteiger partial charge in [-0.3, -0.25) is 4.79 Å². The standard InChI is InChI=1S/C10H13N3.C8H10N4O3/c1-13-9-5-3-2-4-8(9)12-10(13)6-7-11;1-11-6(8(14)15)5(9-10-11)7(13)12-3-2-4-12/h2-5H,6-7,11H2,1H3;2-4H2,1H3,(H,14,15). The van der Waals surface area contributed by atoms with Crippen LogP contribution in [0.15, 0.2) is 24.3 Å². The average molecular weight is 385 g/mol. The normalized spacial score (nSPS) is 13.0. The monoisotopic (exact) mass is 385 g/mol. The Bertz CT molecular complexity index is 1000. The molecule has 4 rings (SSSR count). The van der Waals surface area contributed by atoms with Gasteiger partial charge in [-0.25, -0.2) is 14.5 Å². The molecular formula is C18H23N7O3. The molecule has 0 atom stereocenters. The summed E-state index contributed by atoms with van der Waals surface area (Å²) in [6, 6.07) is 8.12. The van der Waals surface area contributed by atoms with Gasteiger partial charge in [0.25, 0.3) is 5.91 Å². The summed E-state index contributed by atoms with van der Waals surface area (Å²) in [6.45, 7) is 1.97. The van der Waals surface area contributed by atoms with Crippen molar-refractivity contribution in [1.82, 2.24) is 29.4 Å². The molecule has 0 spiro atoms. The predicted octanol–water partition coefficient (Wildman–Crippen LogP) is 0.434. The van der Waals surface area contributed by atoms with Crippen molar-refractivity contribution in [3.8, 4) is 0 Å². The zero-order valence-corrected chi connectivity index (χ0v) is 15.9. The highest BCUT2D eigenvalue weighted by atomic mass is 16.4. The molecule has 0 bridgehead atoms. The van der Waals surface area contributed by atoms with Crippen LogP contribution in [0, 0.1) is 0 Å². The third-order valence-electron chi connectivity index (χ3n) is 4.62. The molecular weight excluding hydrogens is 362 g/mol. The second-order valence-electron chi connectivity index (χ2n) is 6.48. The van der Waals surface area contributed by atoms with Crippen LogP contribution < -0.4 is 5.73 Å². The van der Waals surface area contributed by atoms with Crippen molar-refractivity contribution < 1.29 is 14.7 Å². The molecule has 1 fully saturated rings. The maximum Gasteiger partial charge on any atom is 0.356 e. The van der Waals surface area contributed by atoms with Gasteiger partial charge in [0, 0.05) is 33.6 Å². The molecule has 10 nitrogen and oxygen atoms in total. The van der Waals surface area contributed by atoms with E-state index in [1.54, 1.807) is 4.90 Å². The lowest BCUT2D eigenvalue weighted by Gasteiger charge is -2.30. The number of fused-ring (bicyclic) bond motifs is 1. The Labute approximate surface area is 161 Å². The summed E-state index contributed by atoms with van der Waals surface area (Å²) < 4.78 is 3.19. The van der Waals surface area contributed by atoms with E-state index in [1.165, 1.54) is 12.6 Å². The summed E-state index contributed by atoms with van der Waals surface area (Å²) >= 11 is 0. The van der Waals surface area contributed by atoms with E-state index in [0.29, 0.717) is 19.6 Å². The molecule has 1 saturated heterocycles. The number of nitrogens with zero attached hydrogens (tertiary/aromatic N) is 6. The van der Waals surface area contributed by atoms with Crippen LogP contribution in [0.4, 0.5) is 0 Å². The molecule has 3 aromatic rings. The molecule has 1 aliphatic heterocycles. The van der Waals surface area contributed by atoms with Crippen LogP contribution in [0.1, 0.15) is 33.2 Å². The number of nitrogens with two attached hydrogens (primary N) is 1. The van der Waals surface area contributed by atoms with Crippen molar-refractivity contribution in [3.63, 3.8) is 0 Å². The van der Waals surface area contributed by atoms with E-state index in [0.717, 1.165) is 28.9 Å². The molecule has 0 saturated carbocycles. The minimum atomic E-state index is -1.19. The number of benzene rings is 1. The summed E-state index contributed by atoms with van der Waals surface area (Å²) in [7, 11) is 3.48. The van der Waals surface area contributed by atoms with Crippen molar-refractivity contribution in [2.75, 3.05) is 19.6 Å². The van der Waals surface area contributed by atoms with Gasteiger partial charge in [0.2, 0.25) is 0 Å². The van der Waals surface area contributed by atoms with Gasteiger partial charge in [-0.15, -0.1) is 5.10 Å². The van der Waals surface area contributed by atoms with Crippen LogP contribution in [-0.2, 0) is 20.5 Å². The molecule has 2 aromatic heterocycles. The van der Waals surface area contributed by atoms with E-state index < -0.39 is 5.97 Å². The molecule has 1 amide bonds. The summed E-state index contributed by atoms with van der Waals surface area (Å²) in [6.07, 6.45) is 1.79. The zero-order valence-electron chi connectivity index (χ0n) is 15.9. The van der Waals surface area contributed by atoms with Crippen molar-refractivity contribution >= 4 is 22.9 Å². The number of carbonyl (C=O) groups excluding carboxylic acids is 1. The lowest BCUT2D eigenvalue weighted by Crippen LogP contribution is -2.42. The number of aromatic carboxylic acids is 1. The lowest BCUT2D eigenvalue weighted by atomic mass is 10.2. The third kappa shape index (κ3) is 3.72. The number of carboxylic acids is 1. The largest absolute Gasteiger partial charge is 0.476 e. The number of hydrogen-bond acceptors (Lipinski definition) is 6. The topological polar surface area (TPSA) is 132 Å². The summed E-state index contributed by atoms with van der Waals surface area (Å²) in [5, 5.41) is 16.0. The Morgan fingerprint density at radius 2 is 1.93 bits per heavy atom. The Morgan fingerprint density at radius 3 is 2.50 bits per heavy atom. The summed E-state index contributed by atoms with van der Waals surface area (Å²) in [5.41, 5.74) is 7.48. The number of imidazole rings is 1. The van der Waals surface area contributed by atoms with Crippen LogP contribution >= 0.6 is 0 Å².